The van der Waals surface area contributed by atoms with Gasteiger partial charge in [0.25, 0.3) is 0 Å². The summed E-state index contributed by atoms with van der Waals surface area (Å²) < 4.78 is 9.16. The van der Waals surface area contributed by atoms with Gasteiger partial charge in [0, 0.05) is 27.5 Å². The van der Waals surface area contributed by atoms with Crippen molar-refractivity contribution in [2.24, 2.45) is 0 Å². The van der Waals surface area contributed by atoms with E-state index >= 15 is 0 Å². The summed E-state index contributed by atoms with van der Waals surface area (Å²) in [6.45, 7) is 0. The van der Waals surface area contributed by atoms with Gasteiger partial charge in [-0.2, -0.15) is 0 Å². The summed E-state index contributed by atoms with van der Waals surface area (Å²) >= 11 is 0. The van der Waals surface area contributed by atoms with Crippen LogP contribution in [0.25, 0.3) is 49.4 Å². The minimum absolute atomic E-state index is 0.580. The summed E-state index contributed by atoms with van der Waals surface area (Å²) in [5.41, 5.74) is 9.94. The molecule has 9 aromatic rings. The summed E-state index contributed by atoms with van der Waals surface area (Å²) in [5.74, 6) is 1.75. The first-order valence-electron chi connectivity index (χ1n) is 16.9. The van der Waals surface area contributed by atoms with Crippen molar-refractivity contribution in [1.82, 2.24) is 4.57 Å². The van der Waals surface area contributed by atoms with E-state index in [1.807, 2.05) is 0 Å². The molecule has 0 amide bonds. The molecule has 0 radical (unpaired) electrons. The molecule has 0 atom stereocenters. The van der Waals surface area contributed by atoms with Crippen LogP contribution in [-0.2, 0) is 5.41 Å². The molecule has 0 saturated carbocycles. The van der Waals surface area contributed by atoms with Gasteiger partial charge in [-0.1, -0.05) is 152 Å². The Bertz CT molecular complexity index is 2650. The summed E-state index contributed by atoms with van der Waals surface area (Å²) in [6, 6.07) is 67.8. The lowest BCUT2D eigenvalue weighted by Gasteiger charge is -2.41. The lowest BCUT2D eigenvalue weighted by atomic mass is 9.63. The Hall–Kier alpha value is -6.38. The molecule has 0 unspecified atom stereocenters. The molecule has 0 fully saturated rings. The van der Waals surface area contributed by atoms with Crippen molar-refractivity contribution in [1.29, 1.82) is 0 Å². The Morgan fingerprint density at radius 3 is 1.88 bits per heavy atom. The van der Waals surface area contributed by atoms with Gasteiger partial charge >= 0.3 is 0 Å². The van der Waals surface area contributed by atoms with Crippen molar-refractivity contribution in [2.75, 3.05) is 0 Å². The predicted octanol–water partition coefficient (Wildman–Crippen LogP) is 12.1. The Morgan fingerprint density at radius 2 is 1.06 bits per heavy atom. The van der Waals surface area contributed by atoms with Gasteiger partial charge in [-0.3, -0.25) is 0 Å². The highest BCUT2D eigenvalue weighted by molar-refractivity contribution is 6.21. The van der Waals surface area contributed by atoms with E-state index in [9.17, 15) is 0 Å². The largest absolute Gasteiger partial charge is 0.457 e. The quantitative estimate of drug-likeness (QED) is 0.190. The Balaban J connectivity index is 1.27. The minimum atomic E-state index is -0.580. The smallest absolute Gasteiger partial charge is 0.132 e. The van der Waals surface area contributed by atoms with Gasteiger partial charge in [-0.15, -0.1) is 0 Å². The van der Waals surface area contributed by atoms with Gasteiger partial charge in [0.1, 0.15) is 11.5 Å². The van der Waals surface area contributed by atoms with Crippen LogP contribution in [0.1, 0.15) is 22.3 Å². The highest BCUT2D eigenvalue weighted by Gasteiger charge is 2.45. The highest BCUT2D eigenvalue weighted by atomic mass is 16.5. The van der Waals surface area contributed by atoms with E-state index in [2.05, 4.69) is 193 Å². The Labute approximate surface area is 285 Å². The molecule has 2 heteroatoms. The first kappa shape index (κ1) is 27.7. The number of benzene rings is 8. The van der Waals surface area contributed by atoms with Crippen molar-refractivity contribution >= 4 is 32.6 Å². The number of fused-ring (bicyclic) bond motifs is 7. The average Bonchev–Trinajstić information content (AvgIpc) is 3.52. The predicted molar refractivity (Wildman–Crippen MR) is 202 cm³/mol. The third-order valence-electron chi connectivity index (χ3n) is 10.3. The molecular weight excluding hydrogens is 595 g/mol. The minimum Gasteiger partial charge on any atom is -0.457 e. The zero-order valence-corrected chi connectivity index (χ0v) is 26.8. The molecule has 1 aromatic heterocycles. The molecule has 1 aliphatic heterocycles. The van der Waals surface area contributed by atoms with E-state index in [4.69, 9.17) is 4.74 Å². The fraction of sp³-hybridized carbons (Fsp3) is 0.0213. The number of aromatic nitrogens is 1. The van der Waals surface area contributed by atoms with Gasteiger partial charge < -0.3 is 9.30 Å². The number of hydrogen-bond donors (Lipinski definition) is 0. The summed E-state index contributed by atoms with van der Waals surface area (Å²) in [6.07, 6.45) is 0. The maximum absolute atomic E-state index is 6.72. The molecular formula is C47H31NO. The van der Waals surface area contributed by atoms with Crippen molar-refractivity contribution in [2.45, 2.75) is 5.41 Å². The van der Waals surface area contributed by atoms with Crippen LogP contribution < -0.4 is 4.74 Å². The van der Waals surface area contributed by atoms with E-state index < -0.39 is 5.41 Å². The van der Waals surface area contributed by atoms with E-state index in [0.29, 0.717) is 0 Å². The van der Waals surface area contributed by atoms with Gasteiger partial charge in [0.2, 0.25) is 0 Å². The van der Waals surface area contributed by atoms with Gasteiger partial charge in [0.05, 0.1) is 22.1 Å². The maximum Gasteiger partial charge on any atom is 0.132 e. The zero-order valence-electron chi connectivity index (χ0n) is 26.8. The molecule has 0 bridgehead atoms. The van der Waals surface area contributed by atoms with E-state index in [-0.39, 0.29) is 0 Å². The van der Waals surface area contributed by atoms with Crippen LogP contribution in [0.15, 0.2) is 188 Å². The van der Waals surface area contributed by atoms with Crippen LogP contribution in [0.2, 0.25) is 0 Å². The van der Waals surface area contributed by atoms with Gasteiger partial charge in [-0.05, 0) is 63.9 Å². The zero-order chi connectivity index (χ0) is 32.4. The normalized spacial score (nSPS) is 13.2. The molecule has 10 rings (SSSR count). The number of para-hydroxylation sites is 3. The van der Waals surface area contributed by atoms with Crippen LogP contribution in [0.4, 0.5) is 0 Å². The molecule has 230 valence electrons. The van der Waals surface area contributed by atoms with E-state index in [1.54, 1.807) is 0 Å². The van der Waals surface area contributed by atoms with Gasteiger partial charge in [-0.25, -0.2) is 0 Å². The lowest BCUT2D eigenvalue weighted by molar-refractivity contribution is 0.434. The second-order valence-electron chi connectivity index (χ2n) is 12.8. The summed E-state index contributed by atoms with van der Waals surface area (Å²) in [5, 5.41) is 5.06. The van der Waals surface area contributed by atoms with Crippen LogP contribution in [0.3, 0.4) is 0 Å². The van der Waals surface area contributed by atoms with Gasteiger partial charge in [0.15, 0.2) is 0 Å². The topological polar surface area (TPSA) is 14.2 Å². The molecule has 49 heavy (non-hydrogen) atoms. The molecule has 0 N–H and O–H groups in total. The number of rotatable bonds is 4. The Kier molecular flexibility index (Phi) is 6.13. The van der Waals surface area contributed by atoms with E-state index in [1.165, 1.54) is 43.7 Å². The first-order valence-corrected chi connectivity index (χ1v) is 16.9. The van der Waals surface area contributed by atoms with Crippen molar-refractivity contribution in [3.8, 4) is 28.3 Å². The molecule has 2 nitrogen and oxygen atoms in total. The third kappa shape index (κ3) is 4.01. The molecule has 0 aliphatic carbocycles. The van der Waals surface area contributed by atoms with Crippen molar-refractivity contribution < 1.29 is 4.74 Å². The number of hydrogen-bond acceptors (Lipinski definition) is 1. The first-order chi connectivity index (χ1) is 24.3. The van der Waals surface area contributed by atoms with Crippen molar-refractivity contribution in [3.63, 3.8) is 0 Å². The highest BCUT2D eigenvalue weighted by Crippen LogP contribution is 2.56. The molecule has 0 spiro atoms. The molecule has 8 aromatic carbocycles. The Morgan fingerprint density at radius 1 is 0.429 bits per heavy atom. The fourth-order valence-electron chi connectivity index (χ4n) is 8.29. The standard InChI is InChI=1S/C47H31NO/c1-3-16-34(17-4-1)47(35-18-5-2-6-19-35)39-23-11-14-26-44(39)49-45-30-28-33(31-40(45)47)36-20-9-12-24-41(36)48-42-25-13-10-22-38(42)46-37-21-8-7-15-32(37)27-29-43(46)48/h1-31H. The van der Waals surface area contributed by atoms with E-state index in [0.717, 1.165) is 39.4 Å². The second kappa shape index (κ2) is 10.8. The number of ether oxygens (including phenoxy) is 1. The number of nitrogens with zero attached hydrogens (tertiary/aromatic N) is 1. The fourth-order valence-corrected chi connectivity index (χ4v) is 8.29. The molecule has 2 heterocycles. The average molecular weight is 626 g/mol. The monoisotopic (exact) mass is 625 g/mol. The molecule has 0 saturated heterocycles. The lowest BCUT2D eigenvalue weighted by Crippen LogP contribution is -2.34. The maximum atomic E-state index is 6.72. The van der Waals surface area contributed by atoms with Crippen LogP contribution in [0, 0.1) is 0 Å². The second-order valence-corrected chi connectivity index (χ2v) is 12.8. The SMILES string of the molecule is c1ccc(C2(c3ccccc3)c3ccccc3Oc3ccc(-c4ccccc4-n4c5ccccc5c5c6ccccc6ccc54)cc32)cc1. The van der Waals surface area contributed by atoms with Crippen LogP contribution in [-0.4, -0.2) is 4.57 Å². The third-order valence-corrected chi connectivity index (χ3v) is 10.3. The molecule has 1 aliphatic rings. The summed E-state index contributed by atoms with van der Waals surface area (Å²) in [7, 11) is 0. The van der Waals surface area contributed by atoms with Crippen LogP contribution in [0.5, 0.6) is 11.5 Å². The van der Waals surface area contributed by atoms with Crippen LogP contribution >= 0.6 is 0 Å². The summed E-state index contributed by atoms with van der Waals surface area (Å²) in [4.78, 5) is 0. The van der Waals surface area contributed by atoms with Crippen molar-refractivity contribution in [3.05, 3.63) is 210 Å².